The second-order valence-corrected chi connectivity index (χ2v) is 6.14. The van der Waals surface area contributed by atoms with Gasteiger partial charge in [-0.05, 0) is 54.2 Å². The third kappa shape index (κ3) is 4.06. The quantitative estimate of drug-likeness (QED) is 0.711. The summed E-state index contributed by atoms with van der Waals surface area (Å²) in [7, 11) is 0. The Balaban J connectivity index is 1.95. The molecule has 0 aromatic carbocycles. The zero-order valence-electron chi connectivity index (χ0n) is 12.0. The van der Waals surface area contributed by atoms with Crippen molar-refractivity contribution in [1.82, 2.24) is 15.1 Å². The van der Waals surface area contributed by atoms with Crippen molar-refractivity contribution in [3.8, 4) is 0 Å². The SMILES string of the molecule is CCNCCCNc1c(Br)cnn(CC2CCC2)c1=O. The minimum Gasteiger partial charge on any atom is -0.380 e. The average molecular weight is 343 g/mol. The molecule has 0 aliphatic heterocycles. The van der Waals surface area contributed by atoms with Crippen molar-refractivity contribution in [2.24, 2.45) is 5.92 Å². The van der Waals surface area contributed by atoms with Crippen LogP contribution in [0.5, 0.6) is 0 Å². The van der Waals surface area contributed by atoms with Crippen LogP contribution >= 0.6 is 15.9 Å². The highest BCUT2D eigenvalue weighted by molar-refractivity contribution is 9.10. The maximum atomic E-state index is 12.4. The maximum absolute atomic E-state index is 12.4. The van der Waals surface area contributed by atoms with Crippen molar-refractivity contribution < 1.29 is 0 Å². The lowest BCUT2D eigenvalue weighted by atomic mass is 9.85. The Kier molecular flexibility index (Phi) is 6.04. The predicted molar refractivity (Wildman–Crippen MR) is 85.2 cm³/mol. The summed E-state index contributed by atoms with van der Waals surface area (Å²) in [5, 5.41) is 10.7. The molecule has 1 heterocycles. The third-order valence-electron chi connectivity index (χ3n) is 3.74. The monoisotopic (exact) mass is 342 g/mol. The number of nitrogens with zero attached hydrogens (tertiary/aromatic N) is 2. The van der Waals surface area contributed by atoms with Gasteiger partial charge in [0.25, 0.3) is 5.56 Å². The standard InChI is InChI=1S/C14H23BrN4O/c1-2-16-7-4-8-17-13-12(15)9-18-19(14(13)20)10-11-5-3-6-11/h9,11,16-17H,2-8,10H2,1H3. The topological polar surface area (TPSA) is 59.0 Å². The van der Waals surface area contributed by atoms with Crippen molar-refractivity contribution in [1.29, 1.82) is 0 Å². The summed E-state index contributed by atoms with van der Waals surface area (Å²) < 4.78 is 2.34. The summed E-state index contributed by atoms with van der Waals surface area (Å²) in [6.07, 6.45) is 6.42. The van der Waals surface area contributed by atoms with E-state index in [2.05, 4.69) is 38.6 Å². The molecule has 0 saturated heterocycles. The third-order valence-corrected chi connectivity index (χ3v) is 4.34. The van der Waals surface area contributed by atoms with Crippen molar-refractivity contribution in [3.05, 3.63) is 21.0 Å². The Morgan fingerprint density at radius 3 is 2.90 bits per heavy atom. The molecule has 0 radical (unpaired) electrons. The number of halogens is 1. The molecular formula is C14H23BrN4O. The lowest BCUT2D eigenvalue weighted by Gasteiger charge is -2.25. The normalized spacial score (nSPS) is 15.1. The van der Waals surface area contributed by atoms with E-state index in [0.29, 0.717) is 11.6 Å². The van der Waals surface area contributed by atoms with E-state index in [-0.39, 0.29) is 5.56 Å². The van der Waals surface area contributed by atoms with E-state index in [1.807, 2.05) is 0 Å². The molecule has 6 heteroatoms. The van der Waals surface area contributed by atoms with Crippen molar-refractivity contribution in [2.75, 3.05) is 25.0 Å². The van der Waals surface area contributed by atoms with Crippen molar-refractivity contribution >= 4 is 21.6 Å². The molecule has 2 N–H and O–H groups in total. The number of hydrogen-bond acceptors (Lipinski definition) is 4. The van der Waals surface area contributed by atoms with Gasteiger partial charge in [-0.3, -0.25) is 4.79 Å². The van der Waals surface area contributed by atoms with Gasteiger partial charge in [-0.1, -0.05) is 13.3 Å². The average Bonchev–Trinajstić information content (AvgIpc) is 2.39. The zero-order valence-corrected chi connectivity index (χ0v) is 13.6. The van der Waals surface area contributed by atoms with Gasteiger partial charge in [-0.25, -0.2) is 4.68 Å². The lowest BCUT2D eigenvalue weighted by molar-refractivity contribution is 0.262. The van der Waals surface area contributed by atoms with E-state index in [1.165, 1.54) is 19.3 Å². The van der Waals surface area contributed by atoms with Crippen LogP contribution in [0.1, 0.15) is 32.6 Å². The minimum atomic E-state index is -0.0188. The summed E-state index contributed by atoms with van der Waals surface area (Å²) in [5.74, 6) is 0.628. The highest BCUT2D eigenvalue weighted by Crippen LogP contribution is 2.27. The van der Waals surface area contributed by atoms with Crippen LogP contribution in [0.4, 0.5) is 5.69 Å². The van der Waals surface area contributed by atoms with Crippen LogP contribution in [0.3, 0.4) is 0 Å². The van der Waals surface area contributed by atoms with Gasteiger partial charge in [-0.15, -0.1) is 0 Å². The Morgan fingerprint density at radius 1 is 1.45 bits per heavy atom. The molecule has 1 aliphatic carbocycles. The highest BCUT2D eigenvalue weighted by atomic mass is 79.9. The molecule has 2 rings (SSSR count). The molecule has 0 bridgehead atoms. The number of anilines is 1. The molecule has 0 unspecified atom stereocenters. The molecule has 1 aliphatic rings. The van der Waals surface area contributed by atoms with Crippen LogP contribution in [0.2, 0.25) is 0 Å². The van der Waals surface area contributed by atoms with Gasteiger partial charge in [0, 0.05) is 13.1 Å². The van der Waals surface area contributed by atoms with E-state index in [1.54, 1.807) is 10.9 Å². The van der Waals surface area contributed by atoms with Gasteiger partial charge in [0.05, 0.1) is 10.7 Å². The summed E-state index contributed by atoms with van der Waals surface area (Å²) in [6.45, 7) is 5.56. The van der Waals surface area contributed by atoms with Gasteiger partial charge < -0.3 is 10.6 Å². The summed E-state index contributed by atoms with van der Waals surface area (Å²) in [5.41, 5.74) is 0.616. The fourth-order valence-corrected chi connectivity index (χ4v) is 2.68. The van der Waals surface area contributed by atoms with E-state index < -0.39 is 0 Å². The molecule has 1 aromatic rings. The first-order valence-electron chi connectivity index (χ1n) is 7.42. The minimum absolute atomic E-state index is 0.0188. The molecule has 20 heavy (non-hydrogen) atoms. The van der Waals surface area contributed by atoms with Gasteiger partial charge in [0.2, 0.25) is 0 Å². The Bertz CT molecular complexity index is 485. The fraction of sp³-hybridized carbons (Fsp3) is 0.714. The van der Waals surface area contributed by atoms with Crippen molar-refractivity contribution in [2.45, 2.75) is 39.2 Å². The first-order valence-corrected chi connectivity index (χ1v) is 8.22. The first kappa shape index (κ1) is 15.5. The van der Waals surface area contributed by atoms with Crippen LogP contribution < -0.4 is 16.2 Å². The number of hydrogen-bond donors (Lipinski definition) is 2. The highest BCUT2D eigenvalue weighted by Gasteiger charge is 2.20. The number of aromatic nitrogens is 2. The van der Waals surface area contributed by atoms with Gasteiger partial charge in [0.1, 0.15) is 5.69 Å². The molecule has 112 valence electrons. The molecule has 5 nitrogen and oxygen atoms in total. The van der Waals surface area contributed by atoms with Gasteiger partial charge >= 0.3 is 0 Å². The van der Waals surface area contributed by atoms with Gasteiger partial charge in [-0.2, -0.15) is 5.10 Å². The summed E-state index contributed by atoms with van der Waals surface area (Å²) in [4.78, 5) is 12.4. The van der Waals surface area contributed by atoms with Gasteiger partial charge in [0.15, 0.2) is 0 Å². The van der Waals surface area contributed by atoms with Crippen LogP contribution in [0.25, 0.3) is 0 Å². The fourth-order valence-electron chi connectivity index (χ4n) is 2.28. The van der Waals surface area contributed by atoms with E-state index in [4.69, 9.17) is 0 Å². The smallest absolute Gasteiger partial charge is 0.291 e. The first-order chi connectivity index (χ1) is 9.72. The zero-order chi connectivity index (χ0) is 14.4. The van der Waals surface area contributed by atoms with E-state index in [9.17, 15) is 4.79 Å². The maximum Gasteiger partial charge on any atom is 0.291 e. The van der Waals surface area contributed by atoms with Crippen LogP contribution in [-0.2, 0) is 6.54 Å². The molecule has 0 atom stereocenters. The number of rotatable bonds is 8. The van der Waals surface area contributed by atoms with Crippen LogP contribution in [0, 0.1) is 5.92 Å². The summed E-state index contributed by atoms with van der Waals surface area (Å²) in [6, 6.07) is 0. The summed E-state index contributed by atoms with van der Waals surface area (Å²) >= 11 is 3.41. The Morgan fingerprint density at radius 2 is 2.25 bits per heavy atom. The molecule has 1 aromatic heterocycles. The molecular weight excluding hydrogens is 320 g/mol. The Labute approximate surface area is 128 Å². The van der Waals surface area contributed by atoms with E-state index >= 15 is 0 Å². The second kappa shape index (κ2) is 7.78. The molecule has 0 amide bonds. The molecule has 1 saturated carbocycles. The Hall–Kier alpha value is -0.880. The molecule has 1 fully saturated rings. The number of nitrogens with one attached hydrogen (secondary N) is 2. The largest absolute Gasteiger partial charge is 0.380 e. The van der Waals surface area contributed by atoms with Crippen LogP contribution in [-0.4, -0.2) is 29.4 Å². The van der Waals surface area contributed by atoms with Crippen molar-refractivity contribution in [3.63, 3.8) is 0 Å². The predicted octanol–water partition coefficient (Wildman–Crippen LogP) is 2.22. The van der Waals surface area contributed by atoms with E-state index in [0.717, 1.165) is 37.1 Å². The second-order valence-electron chi connectivity index (χ2n) is 5.29. The lowest BCUT2D eigenvalue weighted by Crippen LogP contribution is -2.31. The molecule has 0 spiro atoms. The van der Waals surface area contributed by atoms with Crippen LogP contribution in [0.15, 0.2) is 15.5 Å².